The average molecular weight is 431 g/mol. The van der Waals surface area contributed by atoms with Crippen molar-refractivity contribution in [1.82, 2.24) is 14.5 Å². The van der Waals surface area contributed by atoms with E-state index in [1.54, 1.807) is 24.3 Å². The van der Waals surface area contributed by atoms with Crippen molar-refractivity contribution in [2.24, 2.45) is 0 Å². The number of thiophene rings is 1. The predicted octanol–water partition coefficient (Wildman–Crippen LogP) is 4.11. The Bertz CT molecular complexity index is 1340. The number of esters is 1. The normalized spacial score (nSPS) is 13.2. The number of aromatic nitrogens is 2. The molecule has 3 aromatic heterocycles. The number of aryl methyl sites for hydroxylation is 2. The van der Waals surface area contributed by atoms with Crippen molar-refractivity contribution in [2.75, 3.05) is 6.73 Å². The van der Waals surface area contributed by atoms with Gasteiger partial charge in [-0.2, -0.15) is 0 Å². The molecule has 1 aliphatic rings. The van der Waals surface area contributed by atoms with Gasteiger partial charge in [-0.05, 0) is 49.7 Å². The number of hydrogen-bond donors (Lipinski definition) is 0. The maximum atomic E-state index is 13.1. The molecule has 0 fully saturated rings. The van der Waals surface area contributed by atoms with E-state index in [0.717, 1.165) is 26.4 Å². The molecule has 31 heavy (non-hydrogen) atoms. The summed E-state index contributed by atoms with van der Waals surface area (Å²) in [6, 6.07) is 12.3. The van der Waals surface area contributed by atoms with Crippen LogP contribution in [0.2, 0.25) is 0 Å². The van der Waals surface area contributed by atoms with Crippen LogP contribution in [0.5, 0.6) is 0 Å². The van der Waals surface area contributed by atoms with E-state index in [0.29, 0.717) is 21.7 Å². The molecule has 2 amide bonds. The molecule has 0 aliphatic carbocycles. The van der Waals surface area contributed by atoms with E-state index in [1.165, 1.54) is 11.3 Å². The van der Waals surface area contributed by atoms with Crippen LogP contribution < -0.4 is 0 Å². The van der Waals surface area contributed by atoms with Gasteiger partial charge in [-0.3, -0.25) is 9.59 Å². The van der Waals surface area contributed by atoms with Crippen molar-refractivity contribution in [3.05, 3.63) is 82.1 Å². The first-order valence-corrected chi connectivity index (χ1v) is 10.4. The second-order valence-corrected chi connectivity index (χ2v) is 8.27. The molecular formula is C23H17N3O4S. The van der Waals surface area contributed by atoms with Gasteiger partial charge < -0.3 is 9.30 Å². The Balaban J connectivity index is 1.49. The Morgan fingerprint density at radius 2 is 1.68 bits per heavy atom. The topological polar surface area (TPSA) is 81.5 Å². The molecule has 1 aromatic carbocycles. The van der Waals surface area contributed by atoms with E-state index in [-0.39, 0.29) is 0 Å². The van der Waals surface area contributed by atoms with Gasteiger partial charge in [-0.1, -0.05) is 12.1 Å². The molecule has 4 heterocycles. The zero-order valence-electron chi connectivity index (χ0n) is 16.8. The molecule has 8 heteroatoms. The van der Waals surface area contributed by atoms with Crippen LogP contribution in [0, 0.1) is 13.8 Å². The maximum absolute atomic E-state index is 13.1. The number of ether oxygens (including phenoxy) is 1. The van der Waals surface area contributed by atoms with Gasteiger partial charge in [0.25, 0.3) is 11.8 Å². The van der Waals surface area contributed by atoms with Crippen molar-refractivity contribution in [3.8, 4) is 5.69 Å². The van der Waals surface area contributed by atoms with Gasteiger partial charge in [-0.25, -0.2) is 14.7 Å². The molecule has 4 aromatic rings. The van der Waals surface area contributed by atoms with Gasteiger partial charge in [0.1, 0.15) is 9.71 Å². The monoisotopic (exact) mass is 431 g/mol. The standard InChI is InChI=1S/C23H17N3O4S/c1-13-11-14(2)24-20-17(13)18(25-9-5-6-10-25)19(31-20)23(29)30-12-26-21(27)15-7-3-4-8-16(15)22(26)28/h3-11H,12H2,1-2H3. The van der Waals surface area contributed by atoms with Crippen LogP contribution in [0.1, 0.15) is 41.6 Å². The first-order chi connectivity index (χ1) is 15.0. The number of carbonyl (C=O) groups is 3. The second kappa shape index (κ2) is 7.17. The summed E-state index contributed by atoms with van der Waals surface area (Å²) in [5.74, 6) is -1.55. The SMILES string of the molecule is Cc1cc(C)c2c(-n3cccc3)c(C(=O)OCN3C(=O)c4ccccc4C3=O)sc2n1. The number of fused-ring (bicyclic) bond motifs is 2. The van der Waals surface area contributed by atoms with E-state index in [9.17, 15) is 14.4 Å². The van der Waals surface area contributed by atoms with E-state index < -0.39 is 24.5 Å². The smallest absolute Gasteiger partial charge is 0.352 e. The number of rotatable bonds is 4. The first-order valence-electron chi connectivity index (χ1n) is 9.62. The summed E-state index contributed by atoms with van der Waals surface area (Å²) in [7, 11) is 0. The molecule has 0 bridgehead atoms. The quantitative estimate of drug-likeness (QED) is 0.359. The Morgan fingerprint density at radius 3 is 2.32 bits per heavy atom. The largest absolute Gasteiger partial charge is 0.439 e. The third-order valence-corrected chi connectivity index (χ3v) is 6.27. The van der Waals surface area contributed by atoms with Crippen LogP contribution in [0.4, 0.5) is 0 Å². The lowest BCUT2D eigenvalue weighted by Crippen LogP contribution is -2.33. The van der Waals surface area contributed by atoms with Gasteiger partial charge in [0.2, 0.25) is 0 Å². The third-order valence-electron chi connectivity index (χ3n) is 5.21. The molecule has 0 atom stereocenters. The number of hydrogen-bond acceptors (Lipinski definition) is 6. The first kappa shape index (κ1) is 19.2. The zero-order valence-corrected chi connectivity index (χ0v) is 17.6. The second-order valence-electron chi connectivity index (χ2n) is 7.28. The molecule has 154 valence electrons. The number of carbonyl (C=O) groups excluding carboxylic acids is 3. The highest BCUT2D eigenvalue weighted by molar-refractivity contribution is 7.21. The molecule has 0 saturated carbocycles. The fourth-order valence-electron chi connectivity index (χ4n) is 3.84. The average Bonchev–Trinajstić information content (AvgIpc) is 3.45. The van der Waals surface area contributed by atoms with Gasteiger partial charge >= 0.3 is 5.97 Å². The molecule has 7 nitrogen and oxygen atoms in total. The summed E-state index contributed by atoms with van der Waals surface area (Å²) in [5.41, 5.74) is 3.17. The highest BCUT2D eigenvalue weighted by atomic mass is 32.1. The van der Waals surface area contributed by atoms with Crippen molar-refractivity contribution >= 4 is 39.3 Å². The number of benzene rings is 1. The molecular weight excluding hydrogens is 414 g/mol. The number of imide groups is 1. The summed E-state index contributed by atoms with van der Waals surface area (Å²) in [6.07, 6.45) is 3.70. The van der Waals surface area contributed by atoms with Crippen LogP contribution in [0.3, 0.4) is 0 Å². The molecule has 0 radical (unpaired) electrons. The lowest BCUT2D eigenvalue weighted by atomic mass is 10.1. The van der Waals surface area contributed by atoms with Crippen LogP contribution in [-0.4, -0.2) is 39.0 Å². The van der Waals surface area contributed by atoms with Gasteiger partial charge in [0.15, 0.2) is 6.73 Å². The maximum Gasteiger partial charge on any atom is 0.352 e. The number of pyridine rings is 1. The minimum absolute atomic E-state index is 0.314. The number of nitrogens with zero attached hydrogens (tertiary/aromatic N) is 3. The van der Waals surface area contributed by atoms with Crippen molar-refractivity contribution < 1.29 is 19.1 Å². The predicted molar refractivity (Wildman–Crippen MR) is 116 cm³/mol. The molecule has 0 spiro atoms. The lowest BCUT2D eigenvalue weighted by Gasteiger charge is -2.14. The van der Waals surface area contributed by atoms with Crippen LogP contribution in [-0.2, 0) is 4.74 Å². The third kappa shape index (κ3) is 3.03. The summed E-state index contributed by atoms with van der Waals surface area (Å²) < 4.78 is 7.29. The highest BCUT2D eigenvalue weighted by Crippen LogP contribution is 2.36. The summed E-state index contributed by atoms with van der Waals surface area (Å²) in [5, 5.41) is 0.875. The van der Waals surface area contributed by atoms with Crippen LogP contribution in [0.25, 0.3) is 15.9 Å². The van der Waals surface area contributed by atoms with E-state index in [2.05, 4.69) is 4.98 Å². The summed E-state index contributed by atoms with van der Waals surface area (Å²) in [4.78, 5) is 44.8. The Kier molecular flexibility index (Phi) is 4.44. The van der Waals surface area contributed by atoms with Gasteiger partial charge in [-0.15, -0.1) is 11.3 Å². The zero-order chi connectivity index (χ0) is 21.7. The van der Waals surface area contributed by atoms with E-state index in [1.807, 2.05) is 49.0 Å². The highest BCUT2D eigenvalue weighted by Gasteiger charge is 2.36. The lowest BCUT2D eigenvalue weighted by molar-refractivity contribution is 0.0232. The Hall–Kier alpha value is -3.78. The molecule has 5 rings (SSSR count). The van der Waals surface area contributed by atoms with Gasteiger partial charge in [0, 0.05) is 23.5 Å². The van der Waals surface area contributed by atoms with Crippen LogP contribution in [0.15, 0.2) is 54.9 Å². The number of amides is 2. The van der Waals surface area contributed by atoms with E-state index in [4.69, 9.17) is 4.74 Å². The van der Waals surface area contributed by atoms with Gasteiger partial charge in [0.05, 0.1) is 16.8 Å². The summed E-state index contributed by atoms with van der Waals surface area (Å²) >= 11 is 1.24. The fraction of sp³-hybridized carbons (Fsp3) is 0.130. The molecule has 0 N–H and O–H groups in total. The minimum atomic E-state index is -0.611. The van der Waals surface area contributed by atoms with Crippen molar-refractivity contribution in [1.29, 1.82) is 0 Å². The Morgan fingerprint density at radius 1 is 1.03 bits per heavy atom. The molecule has 0 unspecified atom stereocenters. The van der Waals surface area contributed by atoms with Crippen molar-refractivity contribution in [3.63, 3.8) is 0 Å². The van der Waals surface area contributed by atoms with Crippen LogP contribution >= 0.6 is 11.3 Å². The fourth-order valence-corrected chi connectivity index (χ4v) is 5.03. The summed E-state index contributed by atoms with van der Waals surface area (Å²) in [6.45, 7) is 3.43. The molecule has 0 saturated heterocycles. The van der Waals surface area contributed by atoms with Crippen molar-refractivity contribution in [2.45, 2.75) is 13.8 Å². The Labute approximate surface area is 181 Å². The van der Waals surface area contributed by atoms with E-state index >= 15 is 0 Å². The molecule has 1 aliphatic heterocycles. The minimum Gasteiger partial charge on any atom is -0.439 e.